The molecular formula is C24H34N6O5S. The van der Waals surface area contributed by atoms with Gasteiger partial charge in [-0.25, -0.2) is 18.1 Å². The van der Waals surface area contributed by atoms with Gasteiger partial charge in [-0.15, -0.1) is 0 Å². The topological polar surface area (TPSA) is 130 Å². The molecule has 2 atom stereocenters. The summed E-state index contributed by atoms with van der Waals surface area (Å²) in [4.78, 5) is 20.1. The van der Waals surface area contributed by atoms with Crippen molar-refractivity contribution >= 4 is 15.9 Å². The maximum atomic E-state index is 13.8. The Balaban J connectivity index is 1.54. The van der Waals surface area contributed by atoms with Crippen LogP contribution in [0.3, 0.4) is 0 Å². The first-order chi connectivity index (χ1) is 17.2. The van der Waals surface area contributed by atoms with Gasteiger partial charge in [0.25, 0.3) is 0 Å². The molecule has 11 nitrogen and oxygen atoms in total. The summed E-state index contributed by atoms with van der Waals surface area (Å²) in [5, 5.41) is 17.7. The summed E-state index contributed by atoms with van der Waals surface area (Å²) in [6.45, 7) is 5.00. The number of piperidine rings is 1. The third-order valence-electron chi connectivity index (χ3n) is 7.62. The van der Waals surface area contributed by atoms with E-state index in [9.17, 15) is 18.3 Å². The van der Waals surface area contributed by atoms with E-state index in [4.69, 9.17) is 4.74 Å². The van der Waals surface area contributed by atoms with E-state index in [1.165, 1.54) is 12.4 Å². The first-order valence-corrected chi connectivity index (χ1v) is 14.0. The van der Waals surface area contributed by atoms with Crippen LogP contribution in [0.5, 0.6) is 5.75 Å². The fraction of sp³-hybridized carbons (Fsp3) is 0.625. The van der Waals surface area contributed by atoms with Gasteiger partial charge >= 0.3 is 0 Å². The van der Waals surface area contributed by atoms with Gasteiger partial charge in [-0.1, -0.05) is 6.92 Å². The smallest absolute Gasteiger partial charge is 0.247 e. The Kier molecular flexibility index (Phi) is 6.79. The second-order valence-corrected chi connectivity index (χ2v) is 11.9. The number of hydrogen-bond donors (Lipinski definition) is 2. The minimum absolute atomic E-state index is 0.0194. The van der Waals surface area contributed by atoms with Crippen LogP contribution in [0.25, 0.3) is 11.4 Å². The largest absolute Gasteiger partial charge is 0.492 e. The molecular weight excluding hydrogens is 484 g/mol. The van der Waals surface area contributed by atoms with Gasteiger partial charge in [0.1, 0.15) is 23.0 Å². The number of likely N-dealkylation sites (tertiary alicyclic amines) is 1. The Morgan fingerprint density at radius 3 is 2.72 bits per heavy atom. The highest BCUT2D eigenvalue weighted by Gasteiger charge is 2.47. The molecule has 1 aromatic heterocycles. The van der Waals surface area contributed by atoms with E-state index in [0.717, 1.165) is 43.2 Å². The molecule has 2 aromatic rings. The molecule has 1 spiro atoms. The summed E-state index contributed by atoms with van der Waals surface area (Å²) in [6.07, 6.45) is 3.73. The molecule has 3 aliphatic heterocycles. The van der Waals surface area contributed by atoms with Crippen LogP contribution in [0, 0.1) is 0 Å². The highest BCUT2D eigenvalue weighted by Crippen LogP contribution is 2.37. The molecule has 3 aliphatic rings. The number of aryl methyl sites for hydroxylation is 1. The van der Waals surface area contributed by atoms with Crippen LogP contribution in [0.1, 0.15) is 39.0 Å². The van der Waals surface area contributed by atoms with E-state index in [0.29, 0.717) is 17.8 Å². The number of hydrogen-bond acceptors (Lipinski definition) is 8. The molecule has 2 saturated heterocycles. The Hall–Kier alpha value is -2.54. The van der Waals surface area contributed by atoms with Gasteiger partial charge in [0.15, 0.2) is 5.82 Å². The summed E-state index contributed by atoms with van der Waals surface area (Å²) in [6, 6.07) is 3.85. The molecule has 36 heavy (non-hydrogen) atoms. The number of rotatable bonds is 3. The highest BCUT2D eigenvalue weighted by atomic mass is 32.2. The van der Waals surface area contributed by atoms with Crippen LogP contribution < -0.4 is 10.1 Å². The van der Waals surface area contributed by atoms with E-state index >= 15 is 0 Å². The van der Waals surface area contributed by atoms with Gasteiger partial charge in [-0.3, -0.25) is 4.79 Å². The van der Waals surface area contributed by atoms with E-state index in [1.54, 1.807) is 23.9 Å². The van der Waals surface area contributed by atoms with E-state index in [2.05, 4.69) is 27.2 Å². The zero-order chi connectivity index (χ0) is 25.5. The minimum atomic E-state index is -4.12. The van der Waals surface area contributed by atoms with E-state index < -0.39 is 27.7 Å². The van der Waals surface area contributed by atoms with Crippen LogP contribution in [-0.2, 0) is 21.9 Å². The van der Waals surface area contributed by atoms with Crippen LogP contribution in [0.15, 0.2) is 29.4 Å². The Bertz CT molecular complexity index is 1220. The molecule has 2 N–H and O–H groups in total. The van der Waals surface area contributed by atoms with Crippen LogP contribution in [0.4, 0.5) is 0 Å². The number of aliphatic hydroxyl groups is 1. The SMILES string of the molecule is CCCN1CCC2(CCOc3cc(-c4ncnn4C)ccc3S(=O)(=O)N3C[C@H](O)C[C@H]3C(=O)N2)CC1. The second-order valence-electron chi connectivity index (χ2n) is 10.1. The monoisotopic (exact) mass is 518 g/mol. The number of nitrogens with one attached hydrogen (secondary N) is 1. The van der Waals surface area contributed by atoms with Gasteiger partial charge < -0.3 is 20.1 Å². The molecule has 0 unspecified atom stereocenters. The Morgan fingerprint density at radius 2 is 2.03 bits per heavy atom. The number of aromatic nitrogens is 3. The number of carbonyl (C=O) groups excluding carboxylic acids is 1. The highest BCUT2D eigenvalue weighted by molar-refractivity contribution is 7.89. The lowest BCUT2D eigenvalue weighted by molar-refractivity contribution is -0.127. The van der Waals surface area contributed by atoms with Crippen molar-refractivity contribution in [2.24, 2.45) is 7.05 Å². The zero-order valence-electron chi connectivity index (χ0n) is 20.8. The average molecular weight is 519 g/mol. The molecule has 0 saturated carbocycles. The molecule has 196 valence electrons. The van der Waals surface area contributed by atoms with Crippen LogP contribution >= 0.6 is 0 Å². The summed E-state index contributed by atoms with van der Waals surface area (Å²) in [5.74, 6) is 0.445. The quantitative estimate of drug-likeness (QED) is 0.609. The van der Waals surface area contributed by atoms with Crippen LogP contribution in [-0.4, -0.2) is 93.9 Å². The molecule has 5 rings (SSSR count). The van der Waals surface area contributed by atoms with Crippen molar-refractivity contribution in [3.63, 3.8) is 0 Å². The number of nitrogens with zero attached hydrogens (tertiary/aromatic N) is 5. The first kappa shape index (κ1) is 25.1. The predicted octanol–water partition coefficient (Wildman–Crippen LogP) is 0.749. The lowest BCUT2D eigenvalue weighted by Crippen LogP contribution is -2.59. The van der Waals surface area contributed by atoms with Gasteiger partial charge in [0, 0.05) is 50.6 Å². The molecule has 0 radical (unpaired) electrons. The fourth-order valence-corrected chi connectivity index (χ4v) is 7.35. The number of fused-ring (bicyclic) bond motifs is 2. The lowest BCUT2D eigenvalue weighted by atomic mass is 9.84. The first-order valence-electron chi connectivity index (χ1n) is 12.6. The van der Waals surface area contributed by atoms with Crippen molar-refractivity contribution in [2.45, 2.75) is 61.6 Å². The summed E-state index contributed by atoms with van der Waals surface area (Å²) in [5.41, 5.74) is 0.185. The van der Waals surface area contributed by atoms with Gasteiger partial charge in [-0.2, -0.15) is 9.40 Å². The number of aliphatic hydroxyl groups excluding tert-OH is 1. The maximum absolute atomic E-state index is 13.8. The molecule has 0 aliphatic carbocycles. The number of ether oxygens (including phenoxy) is 1. The number of amides is 1. The normalized spacial score (nSPS) is 26.5. The standard InChI is InChI=1S/C24H34N6O5S/c1-3-9-29-10-6-24(7-11-29)8-12-35-20-13-17(22-25-16-26-28(22)2)4-5-21(20)36(33,34)30-15-18(31)14-19(30)23(32)27-24/h4-5,13,16,18-19,31H,3,6-12,14-15H2,1-2H3,(H,27,32)/t18-,19+/m1/s1. The summed E-state index contributed by atoms with van der Waals surface area (Å²) >= 11 is 0. The second kappa shape index (κ2) is 9.73. The summed E-state index contributed by atoms with van der Waals surface area (Å²) in [7, 11) is -2.36. The van der Waals surface area contributed by atoms with Crippen LogP contribution in [0.2, 0.25) is 0 Å². The van der Waals surface area contributed by atoms with Crippen molar-refractivity contribution < 1.29 is 23.1 Å². The molecule has 1 aromatic carbocycles. The summed E-state index contributed by atoms with van der Waals surface area (Å²) < 4.78 is 36.5. The van der Waals surface area contributed by atoms with Gasteiger partial charge in [0.05, 0.1) is 12.7 Å². The number of benzene rings is 1. The Labute approximate surface area is 211 Å². The van der Waals surface area contributed by atoms with Crippen molar-refractivity contribution in [1.29, 1.82) is 0 Å². The third-order valence-corrected chi connectivity index (χ3v) is 9.53. The van der Waals surface area contributed by atoms with Crippen molar-refractivity contribution in [3.8, 4) is 17.1 Å². The molecule has 12 heteroatoms. The average Bonchev–Trinajstić information content (AvgIpc) is 3.46. The molecule has 4 heterocycles. The lowest BCUT2D eigenvalue weighted by Gasteiger charge is -2.43. The Morgan fingerprint density at radius 1 is 1.25 bits per heavy atom. The van der Waals surface area contributed by atoms with Crippen molar-refractivity contribution in [1.82, 2.24) is 29.3 Å². The number of carbonyl (C=O) groups is 1. The number of sulfonamides is 1. The van der Waals surface area contributed by atoms with Gasteiger partial charge in [-0.05, 0) is 44.0 Å². The molecule has 0 bridgehead atoms. The van der Waals surface area contributed by atoms with E-state index in [-0.39, 0.29) is 36.1 Å². The molecule has 1 amide bonds. The van der Waals surface area contributed by atoms with Gasteiger partial charge in [0.2, 0.25) is 15.9 Å². The molecule has 2 fully saturated rings. The maximum Gasteiger partial charge on any atom is 0.247 e. The van der Waals surface area contributed by atoms with E-state index in [1.807, 2.05) is 0 Å². The third kappa shape index (κ3) is 4.62. The fourth-order valence-electron chi connectivity index (χ4n) is 5.60. The predicted molar refractivity (Wildman–Crippen MR) is 132 cm³/mol. The minimum Gasteiger partial charge on any atom is -0.492 e. The zero-order valence-corrected chi connectivity index (χ0v) is 21.6. The van der Waals surface area contributed by atoms with Crippen molar-refractivity contribution in [2.75, 3.05) is 32.8 Å². The van der Waals surface area contributed by atoms with Crippen molar-refractivity contribution in [3.05, 3.63) is 24.5 Å².